The van der Waals surface area contributed by atoms with Crippen molar-refractivity contribution in [2.75, 3.05) is 5.32 Å². The second-order valence-electron chi connectivity index (χ2n) is 4.02. The standard InChI is InChI=1S/C14H13N3O3/c18-12-8-9-15-14(17-12)16-11-6-4-10(5-7-11)2-1-3-13(19)20/h1-2,4-9H,3H2,(H,19,20)(H2,15,16,17,18)/b2-1+. The number of aromatic nitrogens is 2. The highest BCUT2D eigenvalue weighted by Crippen LogP contribution is 2.13. The maximum atomic E-state index is 11.1. The smallest absolute Gasteiger partial charge is 0.307 e. The molecule has 0 spiro atoms. The molecule has 0 bridgehead atoms. The highest BCUT2D eigenvalue weighted by atomic mass is 16.4. The molecule has 2 rings (SSSR count). The number of hydrogen-bond donors (Lipinski definition) is 3. The number of rotatable bonds is 5. The summed E-state index contributed by atoms with van der Waals surface area (Å²) in [6.07, 6.45) is 4.83. The summed E-state index contributed by atoms with van der Waals surface area (Å²) < 4.78 is 0. The van der Waals surface area contributed by atoms with Crippen molar-refractivity contribution in [3.63, 3.8) is 0 Å². The van der Waals surface area contributed by atoms with Crippen molar-refractivity contribution in [2.45, 2.75) is 6.42 Å². The quantitative estimate of drug-likeness (QED) is 0.773. The lowest BCUT2D eigenvalue weighted by atomic mass is 10.2. The topological polar surface area (TPSA) is 95.1 Å². The Morgan fingerprint density at radius 3 is 2.70 bits per heavy atom. The molecule has 6 heteroatoms. The summed E-state index contributed by atoms with van der Waals surface area (Å²) in [5, 5.41) is 11.5. The van der Waals surface area contributed by atoms with Crippen molar-refractivity contribution in [3.05, 3.63) is 58.5 Å². The number of H-pyrrole nitrogens is 1. The van der Waals surface area contributed by atoms with Gasteiger partial charge in [0.1, 0.15) is 0 Å². The number of nitrogens with zero attached hydrogens (tertiary/aromatic N) is 1. The fraction of sp³-hybridized carbons (Fsp3) is 0.0714. The summed E-state index contributed by atoms with van der Waals surface area (Å²) in [5.41, 5.74) is 1.35. The monoisotopic (exact) mass is 271 g/mol. The van der Waals surface area contributed by atoms with E-state index < -0.39 is 5.97 Å². The largest absolute Gasteiger partial charge is 0.481 e. The van der Waals surface area contributed by atoms with Crippen molar-refractivity contribution in [2.24, 2.45) is 0 Å². The van der Waals surface area contributed by atoms with Crippen molar-refractivity contribution in [1.29, 1.82) is 0 Å². The Balaban J connectivity index is 2.03. The van der Waals surface area contributed by atoms with E-state index in [2.05, 4.69) is 15.3 Å². The Morgan fingerprint density at radius 1 is 1.30 bits per heavy atom. The highest BCUT2D eigenvalue weighted by molar-refractivity contribution is 5.70. The summed E-state index contributed by atoms with van der Waals surface area (Å²) in [4.78, 5) is 28.0. The van der Waals surface area contributed by atoms with Gasteiger partial charge in [0, 0.05) is 18.0 Å². The molecule has 6 nitrogen and oxygen atoms in total. The summed E-state index contributed by atoms with van der Waals surface area (Å²) in [6.45, 7) is 0. The summed E-state index contributed by atoms with van der Waals surface area (Å²) in [7, 11) is 0. The van der Waals surface area contributed by atoms with E-state index in [1.807, 2.05) is 24.3 Å². The molecule has 0 amide bonds. The molecule has 1 aromatic heterocycles. The minimum Gasteiger partial charge on any atom is -0.481 e. The first-order valence-corrected chi connectivity index (χ1v) is 5.94. The van der Waals surface area contributed by atoms with E-state index in [-0.39, 0.29) is 12.0 Å². The molecule has 2 aromatic rings. The molecule has 0 atom stereocenters. The van der Waals surface area contributed by atoms with Gasteiger partial charge in [-0.3, -0.25) is 9.59 Å². The van der Waals surface area contributed by atoms with Gasteiger partial charge in [0.2, 0.25) is 5.95 Å². The Kier molecular flexibility index (Phi) is 4.28. The Labute approximate surface area is 114 Å². The lowest BCUT2D eigenvalue weighted by molar-refractivity contribution is -0.135. The second kappa shape index (κ2) is 6.33. The average molecular weight is 271 g/mol. The zero-order valence-electron chi connectivity index (χ0n) is 10.5. The number of carboxylic acids is 1. The van der Waals surface area contributed by atoms with Crippen LogP contribution >= 0.6 is 0 Å². The molecule has 3 N–H and O–H groups in total. The molecule has 102 valence electrons. The Bertz CT molecular complexity index is 675. The predicted octanol–water partition coefficient (Wildman–Crippen LogP) is 2.00. The van der Waals surface area contributed by atoms with Crippen LogP contribution in [0.2, 0.25) is 0 Å². The maximum absolute atomic E-state index is 11.1. The maximum Gasteiger partial charge on any atom is 0.307 e. The lowest BCUT2D eigenvalue weighted by Gasteiger charge is -2.04. The van der Waals surface area contributed by atoms with Gasteiger partial charge in [0.25, 0.3) is 5.56 Å². The number of hydrogen-bond acceptors (Lipinski definition) is 4. The Hall–Kier alpha value is -2.89. The SMILES string of the molecule is O=C(O)C/C=C/c1ccc(Nc2nc(=O)cc[nH]2)cc1. The van der Waals surface area contributed by atoms with E-state index in [0.29, 0.717) is 5.95 Å². The van der Waals surface area contributed by atoms with Gasteiger partial charge in [0.05, 0.1) is 6.42 Å². The third-order valence-corrected chi connectivity index (χ3v) is 2.44. The number of anilines is 2. The van der Waals surface area contributed by atoms with Crippen molar-refractivity contribution in [3.8, 4) is 0 Å². The molecule has 0 aliphatic heterocycles. The van der Waals surface area contributed by atoms with E-state index in [1.165, 1.54) is 12.3 Å². The second-order valence-corrected chi connectivity index (χ2v) is 4.02. The van der Waals surface area contributed by atoms with Crippen LogP contribution in [0, 0.1) is 0 Å². The molecule has 0 fully saturated rings. The van der Waals surface area contributed by atoms with Gasteiger partial charge in [-0.25, -0.2) is 0 Å². The van der Waals surface area contributed by atoms with Crippen LogP contribution < -0.4 is 10.9 Å². The molecule has 0 saturated heterocycles. The van der Waals surface area contributed by atoms with Crippen LogP contribution in [-0.2, 0) is 4.79 Å². The van der Waals surface area contributed by atoms with Gasteiger partial charge in [-0.05, 0) is 17.7 Å². The number of carboxylic acid groups (broad SMARTS) is 1. The zero-order valence-corrected chi connectivity index (χ0v) is 10.5. The molecule has 20 heavy (non-hydrogen) atoms. The third kappa shape index (κ3) is 4.09. The van der Waals surface area contributed by atoms with Gasteiger partial charge in [-0.1, -0.05) is 24.3 Å². The van der Waals surface area contributed by atoms with Crippen LogP contribution in [0.25, 0.3) is 6.08 Å². The van der Waals surface area contributed by atoms with Crippen LogP contribution in [0.3, 0.4) is 0 Å². The number of aromatic amines is 1. The van der Waals surface area contributed by atoms with Gasteiger partial charge < -0.3 is 15.4 Å². The minimum absolute atomic E-state index is 0.00479. The molecular formula is C14H13N3O3. The Morgan fingerprint density at radius 2 is 2.05 bits per heavy atom. The van der Waals surface area contributed by atoms with E-state index in [0.717, 1.165) is 11.3 Å². The average Bonchev–Trinajstić information content (AvgIpc) is 2.40. The molecule has 0 aliphatic rings. The van der Waals surface area contributed by atoms with Gasteiger partial charge >= 0.3 is 5.97 Å². The highest BCUT2D eigenvalue weighted by Gasteiger charge is 1.97. The summed E-state index contributed by atoms with van der Waals surface area (Å²) >= 11 is 0. The number of aliphatic carboxylic acids is 1. The first-order chi connectivity index (χ1) is 9.63. The van der Waals surface area contributed by atoms with Gasteiger partial charge in [-0.15, -0.1) is 0 Å². The van der Waals surface area contributed by atoms with Crippen LogP contribution in [-0.4, -0.2) is 21.0 Å². The van der Waals surface area contributed by atoms with Crippen molar-refractivity contribution >= 4 is 23.7 Å². The van der Waals surface area contributed by atoms with Crippen LogP contribution in [0.4, 0.5) is 11.6 Å². The number of carbonyl (C=O) groups is 1. The van der Waals surface area contributed by atoms with Crippen LogP contribution in [0.1, 0.15) is 12.0 Å². The van der Waals surface area contributed by atoms with Crippen LogP contribution in [0.15, 0.2) is 47.4 Å². The zero-order chi connectivity index (χ0) is 14.4. The number of nitrogens with one attached hydrogen (secondary N) is 2. The third-order valence-electron chi connectivity index (χ3n) is 2.44. The van der Waals surface area contributed by atoms with Gasteiger partial charge in [0.15, 0.2) is 0 Å². The summed E-state index contributed by atoms with van der Waals surface area (Å²) in [6, 6.07) is 8.63. The summed E-state index contributed by atoms with van der Waals surface area (Å²) in [5.74, 6) is -0.495. The molecule has 1 aromatic carbocycles. The first-order valence-electron chi connectivity index (χ1n) is 5.94. The van der Waals surface area contributed by atoms with E-state index in [9.17, 15) is 9.59 Å². The predicted molar refractivity (Wildman–Crippen MR) is 75.9 cm³/mol. The molecule has 0 unspecified atom stereocenters. The molecule has 0 aliphatic carbocycles. The fourth-order valence-corrected chi connectivity index (χ4v) is 1.55. The minimum atomic E-state index is -0.862. The van der Waals surface area contributed by atoms with Crippen LogP contribution in [0.5, 0.6) is 0 Å². The van der Waals surface area contributed by atoms with E-state index in [4.69, 9.17) is 5.11 Å². The normalized spacial score (nSPS) is 10.6. The van der Waals surface area contributed by atoms with E-state index >= 15 is 0 Å². The van der Waals surface area contributed by atoms with Crippen molar-refractivity contribution < 1.29 is 9.90 Å². The molecule has 1 heterocycles. The fourth-order valence-electron chi connectivity index (χ4n) is 1.55. The lowest BCUT2D eigenvalue weighted by Crippen LogP contribution is -2.08. The first kappa shape index (κ1) is 13.5. The molecule has 0 radical (unpaired) electrons. The van der Waals surface area contributed by atoms with Crippen molar-refractivity contribution in [1.82, 2.24) is 9.97 Å². The molecule has 0 saturated carbocycles. The molecular weight excluding hydrogens is 258 g/mol. The van der Waals surface area contributed by atoms with E-state index in [1.54, 1.807) is 12.2 Å². The number of benzene rings is 1. The van der Waals surface area contributed by atoms with Gasteiger partial charge in [-0.2, -0.15) is 4.98 Å².